The van der Waals surface area contributed by atoms with E-state index in [9.17, 15) is 13.6 Å². The summed E-state index contributed by atoms with van der Waals surface area (Å²) < 4.78 is 40.4. The number of nitrogens with zero attached hydrogens (tertiary/aromatic N) is 3. The van der Waals surface area contributed by atoms with Crippen molar-refractivity contribution >= 4 is 57.0 Å². The first-order valence-electron chi connectivity index (χ1n) is 13.5. The summed E-state index contributed by atoms with van der Waals surface area (Å²) in [6, 6.07) is 15.1. The van der Waals surface area contributed by atoms with Crippen LogP contribution < -0.4 is 14.9 Å². The SMILES string of the molecule is CCc1cc(-c2ccc(N(c3ccccc3Cl)S(=O)[O-])c(F)c2)cc2cnc(NC3CCC(NC(C)=O)CC3)nc12. The molecule has 1 unspecified atom stereocenters. The Morgan fingerprint density at radius 2 is 1.80 bits per heavy atom. The summed E-state index contributed by atoms with van der Waals surface area (Å²) in [6.45, 7) is 3.58. The normalized spacial score (nSPS) is 17.7. The highest BCUT2D eigenvalue weighted by atomic mass is 35.5. The molecule has 0 bridgehead atoms. The number of anilines is 3. The van der Waals surface area contributed by atoms with E-state index in [4.69, 9.17) is 16.6 Å². The fourth-order valence-corrected chi connectivity index (χ4v) is 6.23. The maximum absolute atomic E-state index is 15.4. The molecule has 0 saturated heterocycles. The monoisotopic (exact) mass is 594 g/mol. The lowest BCUT2D eigenvalue weighted by Gasteiger charge is -2.29. The maximum atomic E-state index is 15.4. The van der Waals surface area contributed by atoms with E-state index in [1.807, 2.05) is 19.1 Å². The second kappa shape index (κ2) is 12.5. The van der Waals surface area contributed by atoms with Crippen LogP contribution in [-0.2, 0) is 22.5 Å². The highest BCUT2D eigenvalue weighted by Crippen LogP contribution is 2.37. The molecule has 1 amide bonds. The zero-order chi connectivity index (χ0) is 29.1. The molecular formula is C30H30ClFN5O3S-. The molecule has 2 N–H and O–H groups in total. The first-order valence-corrected chi connectivity index (χ1v) is 14.9. The number of nitrogens with one attached hydrogen (secondary N) is 2. The lowest BCUT2D eigenvalue weighted by atomic mass is 9.91. The third-order valence-corrected chi connectivity index (χ3v) is 8.34. The Hall–Kier alpha value is -3.60. The van der Waals surface area contributed by atoms with Crippen molar-refractivity contribution in [2.75, 3.05) is 9.62 Å². The number of fused-ring (bicyclic) bond motifs is 1. The Kier molecular flexibility index (Phi) is 8.82. The molecule has 1 saturated carbocycles. The average Bonchev–Trinajstić information content (AvgIpc) is 2.95. The number of aryl methyl sites for hydroxylation is 1. The van der Waals surface area contributed by atoms with Crippen molar-refractivity contribution in [2.45, 2.75) is 58.0 Å². The van der Waals surface area contributed by atoms with Crippen LogP contribution in [0.4, 0.5) is 21.7 Å². The Morgan fingerprint density at radius 3 is 2.46 bits per heavy atom. The molecule has 0 aliphatic heterocycles. The minimum atomic E-state index is -2.79. The number of carbonyl (C=O) groups excluding carboxylic acids is 1. The topological polar surface area (TPSA) is 110 Å². The van der Waals surface area contributed by atoms with Crippen molar-refractivity contribution in [3.05, 3.63) is 77.2 Å². The van der Waals surface area contributed by atoms with Gasteiger partial charge in [0.05, 0.1) is 33.2 Å². The van der Waals surface area contributed by atoms with Gasteiger partial charge in [0.1, 0.15) is 5.82 Å². The van der Waals surface area contributed by atoms with Gasteiger partial charge in [-0.25, -0.2) is 14.4 Å². The number of benzene rings is 3. The number of para-hydroxylation sites is 1. The number of amides is 1. The zero-order valence-corrected chi connectivity index (χ0v) is 24.3. The van der Waals surface area contributed by atoms with Crippen LogP contribution >= 0.6 is 11.6 Å². The molecule has 5 rings (SSSR count). The van der Waals surface area contributed by atoms with E-state index in [0.29, 0.717) is 17.9 Å². The fraction of sp³-hybridized carbons (Fsp3) is 0.300. The zero-order valence-electron chi connectivity index (χ0n) is 22.7. The van der Waals surface area contributed by atoms with Crippen LogP contribution in [0.3, 0.4) is 0 Å². The van der Waals surface area contributed by atoms with Crippen LogP contribution in [0.2, 0.25) is 5.02 Å². The van der Waals surface area contributed by atoms with Crippen LogP contribution in [-0.4, -0.2) is 36.7 Å². The second-order valence-electron chi connectivity index (χ2n) is 10.1. The Bertz CT molecular complexity index is 1610. The van der Waals surface area contributed by atoms with Crippen molar-refractivity contribution in [3.8, 4) is 11.1 Å². The van der Waals surface area contributed by atoms with E-state index in [1.54, 1.807) is 37.4 Å². The number of hydrogen-bond acceptors (Lipinski definition) is 6. The van der Waals surface area contributed by atoms with Gasteiger partial charge in [-0.15, -0.1) is 0 Å². The van der Waals surface area contributed by atoms with Crippen LogP contribution in [0.5, 0.6) is 0 Å². The van der Waals surface area contributed by atoms with Crippen molar-refractivity contribution in [2.24, 2.45) is 0 Å². The molecule has 1 atom stereocenters. The number of aromatic nitrogens is 2. The second-order valence-corrected chi connectivity index (χ2v) is 11.3. The Labute approximate surface area is 245 Å². The molecule has 214 valence electrons. The summed E-state index contributed by atoms with van der Waals surface area (Å²) in [5, 5.41) is 7.45. The molecular weight excluding hydrogens is 565 g/mol. The molecule has 11 heteroatoms. The molecule has 1 fully saturated rings. The van der Waals surface area contributed by atoms with Gasteiger partial charge in [0.2, 0.25) is 11.9 Å². The smallest absolute Gasteiger partial charge is 0.223 e. The first-order chi connectivity index (χ1) is 19.7. The summed E-state index contributed by atoms with van der Waals surface area (Å²) in [5.41, 5.74) is 3.21. The maximum Gasteiger partial charge on any atom is 0.223 e. The molecule has 0 radical (unpaired) electrons. The number of carbonyl (C=O) groups is 1. The minimum absolute atomic E-state index is 0.00220. The van der Waals surface area contributed by atoms with Gasteiger partial charge in [0, 0.05) is 30.6 Å². The van der Waals surface area contributed by atoms with E-state index in [2.05, 4.69) is 15.6 Å². The van der Waals surface area contributed by atoms with E-state index in [0.717, 1.165) is 52.0 Å². The average molecular weight is 595 g/mol. The predicted molar refractivity (Wildman–Crippen MR) is 160 cm³/mol. The van der Waals surface area contributed by atoms with Gasteiger partial charge >= 0.3 is 0 Å². The van der Waals surface area contributed by atoms with Gasteiger partial charge in [-0.1, -0.05) is 36.7 Å². The third-order valence-electron chi connectivity index (χ3n) is 7.33. The standard InChI is InChI=1S/C30H31ClFN5O3S/c1-3-19-14-21(20-8-13-28(26(32)16-20)37(41(39)40)27-7-5-4-6-25(27)31)15-22-17-33-30(36-29(19)22)35-24-11-9-23(10-12-24)34-18(2)38/h4-8,13-17,23-24H,3,9-12H2,1-2H3,(H,34,38)(H,39,40)(H,33,35,36)/p-1. The van der Waals surface area contributed by atoms with Crippen molar-refractivity contribution in [1.29, 1.82) is 0 Å². The van der Waals surface area contributed by atoms with Gasteiger partial charge in [0.15, 0.2) is 0 Å². The lowest BCUT2D eigenvalue weighted by Crippen LogP contribution is -2.39. The summed E-state index contributed by atoms with van der Waals surface area (Å²) in [5.74, 6) is -0.139. The molecule has 4 aromatic rings. The van der Waals surface area contributed by atoms with Crippen LogP contribution in [0.1, 0.15) is 45.1 Å². The van der Waals surface area contributed by atoms with E-state index in [1.165, 1.54) is 18.2 Å². The quantitative estimate of drug-likeness (QED) is 0.227. The third kappa shape index (κ3) is 6.50. The number of halogens is 2. The predicted octanol–water partition coefficient (Wildman–Crippen LogP) is 6.44. The van der Waals surface area contributed by atoms with Crippen molar-refractivity contribution < 1.29 is 17.9 Å². The van der Waals surface area contributed by atoms with Gasteiger partial charge < -0.3 is 15.2 Å². The van der Waals surface area contributed by atoms with Crippen LogP contribution in [0, 0.1) is 5.82 Å². The number of rotatable bonds is 8. The van der Waals surface area contributed by atoms with Crippen molar-refractivity contribution in [1.82, 2.24) is 15.3 Å². The minimum Gasteiger partial charge on any atom is -0.755 e. The lowest BCUT2D eigenvalue weighted by molar-refractivity contribution is -0.119. The summed E-state index contributed by atoms with van der Waals surface area (Å²) >= 11 is 3.41. The van der Waals surface area contributed by atoms with E-state index < -0.39 is 17.1 Å². The first kappa shape index (κ1) is 28.9. The summed E-state index contributed by atoms with van der Waals surface area (Å²) in [4.78, 5) is 20.7. The highest BCUT2D eigenvalue weighted by Gasteiger charge is 2.23. The number of hydrogen-bond donors (Lipinski definition) is 2. The molecule has 8 nitrogen and oxygen atoms in total. The molecule has 3 aromatic carbocycles. The largest absolute Gasteiger partial charge is 0.755 e. The van der Waals surface area contributed by atoms with E-state index >= 15 is 4.39 Å². The molecule has 0 spiro atoms. The Morgan fingerprint density at radius 1 is 1.07 bits per heavy atom. The van der Waals surface area contributed by atoms with Crippen molar-refractivity contribution in [3.63, 3.8) is 0 Å². The highest BCUT2D eigenvalue weighted by molar-refractivity contribution is 7.81. The summed E-state index contributed by atoms with van der Waals surface area (Å²) in [6.07, 6.45) is 6.12. The molecule has 41 heavy (non-hydrogen) atoms. The van der Waals surface area contributed by atoms with Crippen LogP contribution in [0.25, 0.3) is 22.0 Å². The fourth-order valence-electron chi connectivity index (χ4n) is 5.34. The van der Waals surface area contributed by atoms with Crippen LogP contribution in [0.15, 0.2) is 60.8 Å². The molecule has 1 aliphatic carbocycles. The van der Waals surface area contributed by atoms with E-state index in [-0.39, 0.29) is 34.4 Å². The van der Waals surface area contributed by atoms with Gasteiger partial charge in [0.25, 0.3) is 0 Å². The van der Waals surface area contributed by atoms with Gasteiger partial charge in [-0.2, -0.15) is 0 Å². The molecule has 1 heterocycles. The van der Waals surface area contributed by atoms with Gasteiger partial charge in [-0.05, 0) is 85.2 Å². The summed E-state index contributed by atoms with van der Waals surface area (Å²) in [7, 11) is 0. The molecule has 1 aromatic heterocycles. The van der Waals surface area contributed by atoms with Gasteiger partial charge in [-0.3, -0.25) is 13.3 Å². The Balaban J connectivity index is 1.40. The molecule has 1 aliphatic rings.